The molecule has 0 heterocycles. The molecule has 9 nitrogen and oxygen atoms in total. The van der Waals surface area contributed by atoms with Crippen molar-refractivity contribution in [2.75, 3.05) is 23.7 Å². The molecule has 0 saturated heterocycles. The first-order valence-electron chi connectivity index (χ1n) is 7.94. The molecular formula is C16H23N3O6S. The minimum absolute atomic E-state index is 0.121. The monoisotopic (exact) mass is 385 g/mol. The highest BCUT2D eigenvalue weighted by Gasteiger charge is 2.21. The summed E-state index contributed by atoms with van der Waals surface area (Å²) in [6.45, 7) is 2.48. The summed E-state index contributed by atoms with van der Waals surface area (Å²) in [5.74, 6) is -2.89. The Morgan fingerprint density at radius 2 is 1.77 bits per heavy atom. The summed E-state index contributed by atoms with van der Waals surface area (Å²) in [4.78, 5) is 35.8. The number of rotatable bonds is 10. The lowest BCUT2D eigenvalue weighted by Gasteiger charge is -2.20. The second kappa shape index (κ2) is 9.88. The molecule has 3 N–H and O–H groups in total. The maximum Gasteiger partial charge on any atom is 0.323 e. The van der Waals surface area contributed by atoms with Crippen LogP contribution in [-0.2, 0) is 24.4 Å². The molecule has 1 rings (SSSR count). The molecule has 1 aromatic carbocycles. The summed E-state index contributed by atoms with van der Waals surface area (Å²) in [5, 5.41) is 11.5. The fourth-order valence-electron chi connectivity index (χ4n) is 2.04. The fraction of sp³-hybridized carbons (Fsp3) is 0.438. The molecule has 10 heteroatoms. The average molecular weight is 385 g/mol. The van der Waals surface area contributed by atoms with Crippen LogP contribution in [0, 0.1) is 0 Å². The summed E-state index contributed by atoms with van der Waals surface area (Å²) in [6, 6.07) is 7.99. The number of carbonyl (C=O) groups excluding carboxylic acids is 2. The summed E-state index contributed by atoms with van der Waals surface area (Å²) >= 11 is 0. The van der Waals surface area contributed by atoms with Crippen molar-refractivity contribution in [2.45, 2.75) is 26.3 Å². The van der Waals surface area contributed by atoms with E-state index < -0.39 is 53.1 Å². The third kappa shape index (κ3) is 8.08. The predicted molar refractivity (Wildman–Crippen MR) is 96.1 cm³/mol. The van der Waals surface area contributed by atoms with Crippen LogP contribution in [-0.4, -0.2) is 56.2 Å². The van der Waals surface area contributed by atoms with Crippen LogP contribution in [0.15, 0.2) is 30.3 Å². The van der Waals surface area contributed by atoms with Gasteiger partial charge in [0.25, 0.3) is 0 Å². The Balaban J connectivity index is 2.66. The molecule has 2 amide bonds. The van der Waals surface area contributed by atoms with Gasteiger partial charge in [0, 0.05) is 18.2 Å². The highest BCUT2D eigenvalue weighted by Crippen LogP contribution is 2.14. The van der Waals surface area contributed by atoms with E-state index in [4.69, 9.17) is 5.11 Å². The first-order chi connectivity index (χ1) is 12.1. The van der Waals surface area contributed by atoms with Gasteiger partial charge in [0.05, 0.1) is 12.3 Å². The maximum atomic E-state index is 12.3. The van der Waals surface area contributed by atoms with Crippen molar-refractivity contribution in [3.8, 4) is 0 Å². The number of amides is 2. The normalized spacial score (nSPS) is 11.2. The molecule has 0 aromatic heterocycles. The number of hydrogen-bond acceptors (Lipinski definition) is 5. The minimum atomic E-state index is -3.86. The number of carboxylic acids is 1. The molecule has 0 aliphatic carbocycles. The number of carboxylic acid groups (broad SMARTS) is 1. The molecule has 1 aromatic rings. The average Bonchev–Trinajstić information content (AvgIpc) is 2.56. The van der Waals surface area contributed by atoms with E-state index in [-0.39, 0.29) is 6.04 Å². The van der Waals surface area contributed by atoms with Crippen molar-refractivity contribution >= 4 is 33.5 Å². The van der Waals surface area contributed by atoms with E-state index in [1.54, 1.807) is 44.2 Å². The van der Waals surface area contributed by atoms with Crippen molar-refractivity contribution in [3.63, 3.8) is 0 Å². The number of nitrogens with zero attached hydrogens (tertiary/aromatic N) is 1. The number of aliphatic carboxylic acids is 1. The van der Waals surface area contributed by atoms with Gasteiger partial charge in [-0.15, -0.1) is 0 Å². The topological polar surface area (TPSA) is 133 Å². The van der Waals surface area contributed by atoms with Crippen molar-refractivity contribution < 1.29 is 27.9 Å². The molecule has 0 aliphatic heterocycles. The number of benzene rings is 1. The first-order valence-corrected chi connectivity index (χ1v) is 9.60. The molecule has 26 heavy (non-hydrogen) atoms. The van der Waals surface area contributed by atoms with Crippen LogP contribution in [0.25, 0.3) is 0 Å². The van der Waals surface area contributed by atoms with E-state index in [1.807, 2.05) is 0 Å². The molecule has 0 aliphatic rings. The minimum Gasteiger partial charge on any atom is -0.480 e. The van der Waals surface area contributed by atoms with Crippen molar-refractivity contribution in [1.29, 1.82) is 0 Å². The van der Waals surface area contributed by atoms with Gasteiger partial charge in [-0.25, -0.2) is 13.1 Å². The van der Waals surface area contributed by atoms with Crippen molar-refractivity contribution in [1.82, 2.24) is 10.0 Å². The van der Waals surface area contributed by atoms with Crippen LogP contribution >= 0.6 is 0 Å². The Bertz CT molecular complexity index is 734. The third-order valence-corrected chi connectivity index (χ3v) is 4.47. The van der Waals surface area contributed by atoms with Gasteiger partial charge >= 0.3 is 5.97 Å². The second-order valence-electron chi connectivity index (χ2n) is 5.82. The van der Waals surface area contributed by atoms with Gasteiger partial charge in [0.1, 0.15) is 6.54 Å². The number of para-hydroxylation sites is 1. The number of hydrogen-bond donors (Lipinski definition) is 3. The lowest BCUT2D eigenvalue weighted by Crippen LogP contribution is -2.41. The van der Waals surface area contributed by atoms with Gasteiger partial charge in [0.2, 0.25) is 21.8 Å². The van der Waals surface area contributed by atoms with Crippen LogP contribution in [0.1, 0.15) is 20.3 Å². The van der Waals surface area contributed by atoms with Gasteiger partial charge < -0.3 is 15.3 Å². The van der Waals surface area contributed by atoms with Crippen molar-refractivity contribution in [2.24, 2.45) is 0 Å². The van der Waals surface area contributed by atoms with E-state index in [9.17, 15) is 22.8 Å². The van der Waals surface area contributed by atoms with Gasteiger partial charge in [0.15, 0.2) is 0 Å². The van der Waals surface area contributed by atoms with Crippen LogP contribution in [0.5, 0.6) is 0 Å². The Morgan fingerprint density at radius 3 is 2.31 bits per heavy atom. The highest BCUT2D eigenvalue weighted by molar-refractivity contribution is 7.89. The lowest BCUT2D eigenvalue weighted by molar-refractivity contribution is -0.136. The molecule has 144 valence electrons. The number of anilines is 1. The lowest BCUT2D eigenvalue weighted by atomic mass is 10.2. The zero-order chi connectivity index (χ0) is 19.7. The van der Waals surface area contributed by atoms with Gasteiger partial charge in [-0.3, -0.25) is 14.4 Å². The number of carbonyl (C=O) groups is 3. The molecule has 0 atom stereocenters. The van der Waals surface area contributed by atoms with Gasteiger partial charge in [-0.2, -0.15) is 0 Å². The summed E-state index contributed by atoms with van der Waals surface area (Å²) in [7, 11) is -3.86. The predicted octanol–water partition coefficient (Wildman–Crippen LogP) is -0.0617. The van der Waals surface area contributed by atoms with E-state index in [0.717, 1.165) is 4.90 Å². The number of sulfonamides is 1. The summed E-state index contributed by atoms with van der Waals surface area (Å²) in [6.07, 6.45) is -0.413. The Kier molecular flexibility index (Phi) is 8.20. The largest absolute Gasteiger partial charge is 0.480 e. The summed E-state index contributed by atoms with van der Waals surface area (Å²) < 4.78 is 26.0. The molecule has 0 radical (unpaired) electrons. The van der Waals surface area contributed by atoms with E-state index in [2.05, 4.69) is 10.0 Å². The van der Waals surface area contributed by atoms with Crippen LogP contribution < -0.4 is 14.9 Å². The van der Waals surface area contributed by atoms with Crippen LogP contribution in [0.2, 0.25) is 0 Å². The molecular weight excluding hydrogens is 362 g/mol. The molecule has 0 spiro atoms. The summed E-state index contributed by atoms with van der Waals surface area (Å²) in [5.41, 5.74) is 0.363. The highest BCUT2D eigenvalue weighted by atomic mass is 32.2. The van der Waals surface area contributed by atoms with E-state index in [0.29, 0.717) is 5.69 Å². The smallest absolute Gasteiger partial charge is 0.323 e. The SMILES string of the molecule is CC(C)NC(=O)CNS(=O)(=O)CCC(=O)N(CC(=O)O)c1ccccc1. The first kappa shape index (κ1) is 21.6. The van der Waals surface area contributed by atoms with Crippen LogP contribution in [0.4, 0.5) is 5.69 Å². The standard InChI is InChI=1S/C16H23N3O6S/c1-12(2)18-14(20)10-17-26(24,25)9-8-15(21)19(11-16(22)23)13-6-4-3-5-7-13/h3-7,12,17H,8-11H2,1-2H3,(H,18,20)(H,22,23). The van der Waals surface area contributed by atoms with E-state index >= 15 is 0 Å². The Labute approximate surface area is 152 Å². The molecule has 0 fully saturated rings. The van der Waals surface area contributed by atoms with Gasteiger partial charge in [-0.05, 0) is 26.0 Å². The zero-order valence-corrected chi connectivity index (χ0v) is 15.5. The van der Waals surface area contributed by atoms with E-state index in [1.165, 1.54) is 0 Å². The Hall–Kier alpha value is -2.46. The quantitative estimate of drug-likeness (QED) is 0.517. The number of nitrogens with one attached hydrogen (secondary N) is 2. The molecule has 0 unspecified atom stereocenters. The van der Waals surface area contributed by atoms with Crippen molar-refractivity contribution in [3.05, 3.63) is 30.3 Å². The molecule has 0 saturated carbocycles. The zero-order valence-electron chi connectivity index (χ0n) is 14.6. The van der Waals surface area contributed by atoms with Crippen LogP contribution in [0.3, 0.4) is 0 Å². The van der Waals surface area contributed by atoms with Gasteiger partial charge in [-0.1, -0.05) is 18.2 Å². The third-order valence-electron chi connectivity index (χ3n) is 3.15. The second-order valence-corrected chi connectivity index (χ2v) is 7.75. The maximum absolute atomic E-state index is 12.3. The molecule has 0 bridgehead atoms. The fourth-order valence-corrected chi connectivity index (χ4v) is 2.98. The Morgan fingerprint density at radius 1 is 1.15 bits per heavy atom.